The molecule has 2 nitrogen and oxygen atoms in total. The Morgan fingerprint density at radius 2 is 2.29 bits per heavy atom. The third-order valence-corrected chi connectivity index (χ3v) is 0.955. The van der Waals surface area contributed by atoms with Crippen molar-refractivity contribution in [3.63, 3.8) is 0 Å². The van der Waals surface area contributed by atoms with E-state index in [1.165, 1.54) is 0 Å². The fraction of sp³-hybridized carbons (Fsp3) is 1.00. The molecule has 7 heavy (non-hydrogen) atoms. The maximum Gasteiger partial charge on any atom is 0.103 e. The van der Waals surface area contributed by atoms with E-state index in [4.69, 9.17) is 5.11 Å². The third-order valence-electron chi connectivity index (χ3n) is 0.955. The molecule has 0 aromatic carbocycles. The quantitative estimate of drug-likeness (QED) is 0.493. The zero-order valence-electron chi connectivity index (χ0n) is 4.85. The highest BCUT2D eigenvalue weighted by Crippen LogP contribution is 1.90. The average Bonchev–Trinajstić information content (AvgIpc) is 1.68. The van der Waals surface area contributed by atoms with Crippen LogP contribution in [0.15, 0.2) is 0 Å². The average molecular weight is 104 g/mol. The van der Waals surface area contributed by atoms with Gasteiger partial charge in [0.2, 0.25) is 0 Å². The van der Waals surface area contributed by atoms with Crippen LogP contribution in [0.25, 0.3) is 0 Å². The van der Waals surface area contributed by atoms with Crippen molar-refractivity contribution in [2.24, 2.45) is 0 Å². The van der Waals surface area contributed by atoms with Crippen molar-refractivity contribution in [3.8, 4) is 0 Å². The first-order chi connectivity index (χ1) is 3.31. The molecule has 0 bridgehead atoms. The van der Waals surface area contributed by atoms with Crippen molar-refractivity contribution in [3.05, 3.63) is 0 Å². The van der Waals surface area contributed by atoms with Gasteiger partial charge in [-0.2, -0.15) is 0 Å². The van der Waals surface area contributed by atoms with Gasteiger partial charge in [0.05, 0.1) is 0 Å². The van der Waals surface area contributed by atoms with E-state index in [2.05, 4.69) is 12.7 Å². The normalized spacial score (nSPS) is 14.1. The Labute approximate surface area is 44.3 Å². The SMILES string of the molecule is CCCC(O)C[NH3+]. The molecule has 1 unspecified atom stereocenters. The van der Waals surface area contributed by atoms with Crippen molar-refractivity contribution in [2.75, 3.05) is 6.54 Å². The molecular weight excluding hydrogens is 90.1 g/mol. The first-order valence-corrected chi connectivity index (χ1v) is 2.78. The largest absolute Gasteiger partial charge is 0.387 e. The van der Waals surface area contributed by atoms with Crippen molar-refractivity contribution in [1.82, 2.24) is 0 Å². The Hall–Kier alpha value is -0.0800. The van der Waals surface area contributed by atoms with E-state index < -0.39 is 0 Å². The first-order valence-electron chi connectivity index (χ1n) is 2.78. The van der Waals surface area contributed by atoms with Gasteiger partial charge < -0.3 is 10.8 Å². The molecule has 0 aromatic heterocycles. The lowest BCUT2D eigenvalue weighted by molar-refractivity contribution is -0.384. The summed E-state index contributed by atoms with van der Waals surface area (Å²) in [7, 11) is 0. The second-order valence-corrected chi connectivity index (χ2v) is 1.73. The van der Waals surface area contributed by atoms with Crippen molar-refractivity contribution < 1.29 is 10.8 Å². The number of aliphatic hydroxyl groups excluding tert-OH is 1. The Morgan fingerprint density at radius 1 is 1.71 bits per heavy atom. The number of quaternary nitrogens is 1. The Bertz CT molecular complexity index is 39.1. The van der Waals surface area contributed by atoms with E-state index in [1.807, 2.05) is 0 Å². The second-order valence-electron chi connectivity index (χ2n) is 1.73. The summed E-state index contributed by atoms with van der Waals surface area (Å²) in [4.78, 5) is 0. The van der Waals surface area contributed by atoms with Crippen molar-refractivity contribution >= 4 is 0 Å². The van der Waals surface area contributed by atoms with E-state index in [1.54, 1.807) is 0 Å². The summed E-state index contributed by atoms with van der Waals surface area (Å²) in [5.74, 6) is 0. The first kappa shape index (κ1) is 6.92. The molecule has 1 atom stereocenters. The topological polar surface area (TPSA) is 47.9 Å². The fourth-order valence-electron chi connectivity index (χ4n) is 0.478. The van der Waals surface area contributed by atoms with Crippen LogP contribution in [0.1, 0.15) is 19.8 Å². The van der Waals surface area contributed by atoms with Crippen LogP contribution in [0.2, 0.25) is 0 Å². The van der Waals surface area contributed by atoms with E-state index in [0.29, 0.717) is 6.54 Å². The van der Waals surface area contributed by atoms with Crippen LogP contribution >= 0.6 is 0 Å². The summed E-state index contributed by atoms with van der Waals surface area (Å²) < 4.78 is 0. The number of hydrogen-bond donors (Lipinski definition) is 2. The maximum atomic E-state index is 8.80. The van der Waals surface area contributed by atoms with Gasteiger partial charge in [-0.15, -0.1) is 0 Å². The molecule has 0 saturated heterocycles. The van der Waals surface area contributed by atoms with E-state index in [-0.39, 0.29) is 6.10 Å². The Morgan fingerprint density at radius 3 is 2.43 bits per heavy atom. The van der Waals surface area contributed by atoms with Gasteiger partial charge in [0.25, 0.3) is 0 Å². The molecule has 44 valence electrons. The molecule has 4 N–H and O–H groups in total. The maximum absolute atomic E-state index is 8.80. The molecule has 0 aliphatic rings. The minimum Gasteiger partial charge on any atom is -0.387 e. The summed E-state index contributed by atoms with van der Waals surface area (Å²) in [6.45, 7) is 2.70. The summed E-state index contributed by atoms with van der Waals surface area (Å²) in [6, 6.07) is 0. The molecule has 2 heteroatoms. The van der Waals surface area contributed by atoms with Gasteiger partial charge in [-0.3, -0.25) is 0 Å². The van der Waals surface area contributed by atoms with Gasteiger partial charge >= 0.3 is 0 Å². The Balaban J connectivity index is 2.83. The van der Waals surface area contributed by atoms with Crippen molar-refractivity contribution in [1.29, 1.82) is 0 Å². The van der Waals surface area contributed by atoms with Gasteiger partial charge in [0.1, 0.15) is 12.6 Å². The molecule has 0 aliphatic carbocycles. The molecule has 0 spiro atoms. The lowest BCUT2D eigenvalue weighted by Crippen LogP contribution is -2.55. The molecule has 0 aromatic rings. The van der Waals surface area contributed by atoms with Gasteiger partial charge in [-0.05, 0) is 6.42 Å². The van der Waals surface area contributed by atoms with Crippen molar-refractivity contribution in [2.45, 2.75) is 25.9 Å². The number of rotatable bonds is 3. The number of aliphatic hydroxyl groups is 1. The zero-order valence-corrected chi connectivity index (χ0v) is 4.85. The lowest BCUT2D eigenvalue weighted by Gasteiger charge is -1.99. The standard InChI is InChI=1S/C5H13NO/c1-2-3-5(7)4-6/h5,7H,2-4,6H2,1H3/p+1. The summed E-state index contributed by atoms with van der Waals surface area (Å²) in [5.41, 5.74) is 3.55. The summed E-state index contributed by atoms with van der Waals surface area (Å²) >= 11 is 0. The third kappa shape index (κ3) is 3.76. The van der Waals surface area contributed by atoms with Crippen LogP contribution in [-0.4, -0.2) is 17.8 Å². The molecule has 0 amide bonds. The molecule has 0 rings (SSSR count). The van der Waals surface area contributed by atoms with Gasteiger partial charge in [-0.25, -0.2) is 0 Å². The predicted molar refractivity (Wildman–Crippen MR) is 28.7 cm³/mol. The smallest absolute Gasteiger partial charge is 0.103 e. The highest BCUT2D eigenvalue weighted by Gasteiger charge is 1.97. The van der Waals surface area contributed by atoms with Gasteiger partial charge in [-0.1, -0.05) is 13.3 Å². The second kappa shape index (κ2) is 4.09. The molecule has 0 saturated carbocycles. The minimum absolute atomic E-state index is 0.162. The van der Waals surface area contributed by atoms with Gasteiger partial charge in [0.15, 0.2) is 0 Å². The summed E-state index contributed by atoms with van der Waals surface area (Å²) in [5, 5.41) is 8.80. The van der Waals surface area contributed by atoms with Crippen LogP contribution in [0, 0.1) is 0 Å². The molecule has 0 fully saturated rings. The van der Waals surface area contributed by atoms with Crippen LogP contribution in [0.5, 0.6) is 0 Å². The van der Waals surface area contributed by atoms with E-state index >= 15 is 0 Å². The Kier molecular flexibility index (Phi) is 4.04. The van der Waals surface area contributed by atoms with E-state index in [0.717, 1.165) is 12.8 Å². The lowest BCUT2D eigenvalue weighted by atomic mass is 10.2. The molecular formula is C5H14NO+. The molecule has 0 heterocycles. The molecule has 0 radical (unpaired) electrons. The molecule has 0 aliphatic heterocycles. The minimum atomic E-state index is -0.162. The van der Waals surface area contributed by atoms with Crippen LogP contribution in [0.4, 0.5) is 0 Å². The number of hydrogen-bond acceptors (Lipinski definition) is 1. The summed E-state index contributed by atoms with van der Waals surface area (Å²) in [6.07, 6.45) is 1.78. The fourth-order valence-corrected chi connectivity index (χ4v) is 0.478. The van der Waals surface area contributed by atoms with Gasteiger partial charge in [0, 0.05) is 0 Å². The highest BCUT2D eigenvalue weighted by molar-refractivity contribution is 4.47. The zero-order chi connectivity index (χ0) is 5.70. The van der Waals surface area contributed by atoms with E-state index in [9.17, 15) is 0 Å². The monoisotopic (exact) mass is 104 g/mol. The van der Waals surface area contributed by atoms with Crippen LogP contribution in [0.3, 0.4) is 0 Å². The predicted octanol–water partition coefficient (Wildman–Crippen LogP) is -0.611. The van der Waals surface area contributed by atoms with Crippen LogP contribution < -0.4 is 5.73 Å². The highest BCUT2D eigenvalue weighted by atomic mass is 16.3. The van der Waals surface area contributed by atoms with Crippen LogP contribution in [-0.2, 0) is 0 Å².